The van der Waals surface area contributed by atoms with Crippen LogP contribution in [0.5, 0.6) is 11.5 Å². The first-order valence-corrected chi connectivity index (χ1v) is 4.49. The van der Waals surface area contributed by atoms with Crippen molar-refractivity contribution in [2.24, 2.45) is 0 Å². The minimum Gasteiger partial charge on any atom is -0.507 e. The van der Waals surface area contributed by atoms with Gasteiger partial charge in [-0.05, 0) is 13.1 Å². The van der Waals surface area contributed by atoms with Gasteiger partial charge in [0.1, 0.15) is 17.1 Å². The van der Waals surface area contributed by atoms with Crippen molar-refractivity contribution in [3.8, 4) is 23.3 Å². The number of phenolic OH excluding ortho intramolecular Hbond substituents is 1. The van der Waals surface area contributed by atoms with Crippen LogP contribution in [0.4, 0.5) is 0 Å². The average Bonchev–Trinajstić information content (AvgIpc) is 2.21. The van der Waals surface area contributed by atoms with Crippen LogP contribution >= 0.6 is 0 Å². The summed E-state index contributed by atoms with van der Waals surface area (Å²) in [5.41, 5.74) is -0.114. The second-order valence-corrected chi connectivity index (χ2v) is 3.02. The van der Waals surface area contributed by atoms with Gasteiger partial charge in [-0.3, -0.25) is 0 Å². The third-order valence-corrected chi connectivity index (χ3v) is 1.83. The van der Waals surface area contributed by atoms with E-state index < -0.39 is 11.7 Å². The van der Waals surface area contributed by atoms with E-state index in [2.05, 4.69) is 17.2 Å². The number of hydrogen-bond acceptors (Lipinski definition) is 4. The number of hydrogen-bond donors (Lipinski definition) is 4. The molecule has 16 heavy (non-hydrogen) atoms. The van der Waals surface area contributed by atoms with E-state index in [0.29, 0.717) is 6.54 Å². The van der Waals surface area contributed by atoms with Crippen LogP contribution in [0.1, 0.15) is 15.9 Å². The number of aromatic hydroxyl groups is 2. The largest absolute Gasteiger partial charge is 0.507 e. The van der Waals surface area contributed by atoms with Crippen molar-refractivity contribution in [2.75, 3.05) is 13.6 Å². The van der Waals surface area contributed by atoms with Gasteiger partial charge in [-0.15, -0.1) is 0 Å². The number of nitrogens with one attached hydrogen (secondary N) is 1. The highest BCUT2D eigenvalue weighted by Crippen LogP contribution is 2.26. The van der Waals surface area contributed by atoms with Crippen molar-refractivity contribution in [2.45, 2.75) is 0 Å². The van der Waals surface area contributed by atoms with Crippen LogP contribution in [0.15, 0.2) is 12.1 Å². The maximum Gasteiger partial charge on any atom is 0.339 e. The Morgan fingerprint density at radius 2 is 2.06 bits per heavy atom. The number of carboxylic acid groups (broad SMARTS) is 1. The van der Waals surface area contributed by atoms with Crippen LogP contribution in [0.25, 0.3) is 0 Å². The monoisotopic (exact) mass is 221 g/mol. The molecule has 5 heteroatoms. The lowest BCUT2D eigenvalue weighted by Gasteiger charge is -2.02. The summed E-state index contributed by atoms with van der Waals surface area (Å²) < 4.78 is 0. The number of carboxylic acids is 1. The van der Waals surface area contributed by atoms with Crippen molar-refractivity contribution in [1.82, 2.24) is 5.32 Å². The second-order valence-electron chi connectivity index (χ2n) is 3.02. The highest BCUT2D eigenvalue weighted by Gasteiger charge is 2.12. The van der Waals surface area contributed by atoms with Gasteiger partial charge in [0.2, 0.25) is 0 Å². The molecular weight excluding hydrogens is 210 g/mol. The summed E-state index contributed by atoms with van der Waals surface area (Å²) in [7, 11) is 1.72. The molecule has 1 rings (SSSR count). The van der Waals surface area contributed by atoms with Gasteiger partial charge < -0.3 is 20.6 Å². The summed E-state index contributed by atoms with van der Waals surface area (Å²) in [5.74, 6) is 3.29. The van der Waals surface area contributed by atoms with Gasteiger partial charge in [-0.2, -0.15) is 0 Å². The number of carbonyl (C=O) groups is 1. The predicted octanol–water partition coefficient (Wildman–Crippen LogP) is 0.367. The zero-order valence-electron chi connectivity index (χ0n) is 8.61. The lowest BCUT2D eigenvalue weighted by atomic mass is 10.1. The molecule has 0 aliphatic rings. The minimum atomic E-state index is -1.27. The van der Waals surface area contributed by atoms with Crippen molar-refractivity contribution in [3.05, 3.63) is 23.3 Å². The SMILES string of the molecule is CNCC#Cc1cc(C(=O)O)c(O)cc1O. The predicted molar refractivity (Wildman–Crippen MR) is 57.5 cm³/mol. The number of aromatic carboxylic acids is 1. The standard InChI is InChI=1S/C11H11NO4/c1-12-4-2-3-7-5-8(11(15)16)10(14)6-9(7)13/h5-6,12-14H,4H2,1H3,(H,15,16). The number of phenols is 2. The molecule has 5 nitrogen and oxygen atoms in total. The van der Waals surface area contributed by atoms with E-state index in [-0.39, 0.29) is 16.9 Å². The normalized spacial score (nSPS) is 9.31. The summed E-state index contributed by atoms with van der Waals surface area (Å²) in [5, 5.41) is 30.2. The van der Waals surface area contributed by atoms with Crippen LogP contribution < -0.4 is 5.32 Å². The molecule has 1 aromatic rings. The molecule has 0 aliphatic carbocycles. The van der Waals surface area contributed by atoms with E-state index in [1.807, 2.05) is 0 Å². The van der Waals surface area contributed by atoms with E-state index in [1.54, 1.807) is 7.05 Å². The highest BCUT2D eigenvalue weighted by molar-refractivity contribution is 5.91. The summed E-state index contributed by atoms with van der Waals surface area (Å²) in [6.45, 7) is 0.419. The van der Waals surface area contributed by atoms with Crippen LogP contribution in [-0.4, -0.2) is 34.9 Å². The summed E-state index contributed by atoms with van der Waals surface area (Å²) in [6, 6.07) is 2.10. The maximum atomic E-state index is 10.7. The highest BCUT2D eigenvalue weighted by atomic mass is 16.4. The van der Waals surface area contributed by atoms with E-state index in [9.17, 15) is 15.0 Å². The first-order chi connectivity index (χ1) is 7.56. The minimum absolute atomic E-state index is 0.172. The topological polar surface area (TPSA) is 89.8 Å². The quantitative estimate of drug-likeness (QED) is 0.542. The van der Waals surface area contributed by atoms with E-state index in [4.69, 9.17) is 5.11 Å². The molecule has 4 N–H and O–H groups in total. The van der Waals surface area contributed by atoms with E-state index in [0.717, 1.165) is 12.1 Å². The molecule has 0 heterocycles. The lowest BCUT2D eigenvalue weighted by Crippen LogP contribution is -2.04. The smallest absolute Gasteiger partial charge is 0.339 e. The van der Waals surface area contributed by atoms with Crippen molar-refractivity contribution in [3.63, 3.8) is 0 Å². The Morgan fingerprint density at radius 3 is 2.62 bits per heavy atom. The Morgan fingerprint density at radius 1 is 1.38 bits per heavy atom. The number of rotatable bonds is 2. The van der Waals surface area contributed by atoms with Gasteiger partial charge >= 0.3 is 5.97 Å². The fraction of sp³-hybridized carbons (Fsp3) is 0.182. The van der Waals surface area contributed by atoms with Gasteiger partial charge in [0.05, 0.1) is 12.1 Å². The zero-order valence-corrected chi connectivity index (χ0v) is 8.61. The molecular formula is C11H11NO4. The fourth-order valence-corrected chi connectivity index (χ4v) is 1.08. The lowest BCUT2D eigenvalue weighted by molar-refractivity contribution is 0.0693. The van der Waals surface area contributed by atoms with Crippen LogP contribution in [0.2, 0.25) is 0 Å². The molecule has 0 aliphatic heterocycles. The second kappa shape index (κ2) is 5.05. The Balaban J connectivity index is 3.16. The van der Waals surface area contributed by atoms with E-state index >= 15 is 0 Å². The first kappa shape index (κ1) is 11.9. The van der Waals surface area contributed by atoms with Crippen molar-refractivity contribution >= 4 is 5.97 Å². The molecule has 0 spiro atoms. The molecule has 84 valence electrons. The third kappa shape index (κ3) is 2.65. The zero-order chi connectivity index (χ0) is 12.1. The fourth-order valence-electron chi connectivity index (χ4n) is 1.08. The molecule has 0 unspecified atom stereocenters. The molecule has 0 bridgehead atoms. The molecule has 0 fully saturated rings. The molecule has 0 radical (unpaired) electrons. The first-order valence-electron chi connectivity index (χ1n) is 4.49. The van der Waals surface area contributed by atoms with Crippen LogP contribution in [0, 0.1) is 11.8 Å². The average molecular weight is 221 g/mol. The summed E-state index contributed by atoms with van der Waals surface area (Å²) in [6.07, 6.45) is 0. The van der Waals surface area contributed by atoms with Crippen molar-refractivity contribution in [1.29, 1.82) is 0 Å². The van der Waals surface area contributed by atoms with Crippen molar-refractivity contribution < 1.29 is 20.1 Å². The maximum absolute atomic E-state index is 10.7. The summed E-state index contributed by atoms with van der Waals surface area (Å²) >= 11 is 0. The summed E-state index contributed by atoms with van der Waals surface area (Å²) in [4.78, 5) is 10.7. The molecule has 1 aromatic carbocycles. The Kier molecular flexibility index (Phi) is 3.75. The third-order valence-electron chi connectivity index (χ3n) is 1.83. The van der Waals surface area contributed by atoms with E-state index in [1.165, 1.54) is 0 Å². The molecule has 0 saturated carbocycles. The molecule has 0 aromatic heterocycles. The molecule has 0 saturated heterocycles. The Hall–Kier alpha value is -2.19. The van der Waals surface area contributed by atoms with Gasteiger partial charge in [-0.1, -0.05) is 11.8 Å². The Bertz CT molecular complexity index is 471. The Labute approximate surface area is 92.3 Å². The molecule has 0 atom stereocenters. The van der Waals surface area contributed by atoms with Gasteiger partial charge in [-0.25, -0.2) is 4.79 Å². The van der Waals surface area contributed by atoms with Crippen LogP contribution in [-0.2, 0) is 0 Å². The molecule has 0 amide bonds. The van der Waals surface area contributed by atoms with Gasteiger partial charge in [0.15, 0.2) is 0 Å². The van der Waals surface area contributed by atoms with Gasteiger partial charge in [0, 0.05) is 6.07 Å². The number of benzene rings is 1. The van der Waals surface area contributed by atoms with Gasteiger partial charge in [0.25, 0.3) is 0 Å². The van der Waals surface area contributed by atoms with Crippen LogP contribution in [0.3, 0.4) is 0 Å².